The second-order valence-electron chi connectivity index (χ2n) is 11.8. The van der Waals surface area contributed by atoms with Gasteiger partial charge in [-0.1, -0.05) is 135 Å². The maximum absolute atomic E-state index is 2.44. The molecule has 0 saturated carbocycles. The molecule has 7 aromatic rings. The molecule has 0 heterocycles. The van der Waals surface area contributed by atoms with Crippen LogP contribution in [0.1, 0.15) is 25.0 Å². The number of benzene rings is 7. The highest BCUT2D eigenvalue weighted by atomic mass is 15.1. The molecule has 0 bridgehead atoms. The summed E-state index contributed by atoms with van der Waals surface area (Å²) in [6, 6.07) is 55.4. The first-order chi connectivity index (χ1) is 20.6. The van der Waals surface area contributed by atoms with Crippen molar-refractivity contribution in [1.82, 2.24) is 0 Å². The number of anilines is 3. The average Bonchev–Trinajstić information content (AvgIpc) is 3.27. The minimum Gasteiger partial charge on any atom is -0.309 e. The minimum atomic E-state index is -0.0472. The Bertz CT molecular complexity index is 2110. The molecule has 1 nitrogen and oxygen atoms in total. The molecule has 0 amide bonds. The smallest absolute Gasteiger partial charge is 0.0546 e. The van der Waals surface area contributed by atoms with E-state index in [1.165, 1.54) is 66.3 Å². The number of nitrogens with zero attached hydrogens (tertiary/aromatic N) is 1. The molecule has 1 aliphatic rings. The Kier molecular flexibility index (Phi) is 5.55. The molecule has 0 unspecified atom stereocenters. The van der Waals surface area contributed by atoms with E-state index in [1.807, 2.05) is 0 Å². The van der Waals surface area contributed by atoms with Gasteiger partial charge in [-0.05, 0) is 74.5 Å². The molecule has 0 atom stereocenters. The van der Waals surface area contributed by atoms with Crippen LogP contribution in [0.2, 0.25) is 0 Å². The van der Waals surface area contributed by atoms with Crippen LogP contribution in [-0.4, -0.2) is 0 Å². The maximum Gasteiger partial charge on any atom is 0.0546 e. The van der Waals surface area contributed by atoms with Gasteiger partial charge in [-0.3, -0.25) is 0 Å². The van der Waals surface area contributed by atoms with E-state index in [0.717, 1.165) is 5.69 Å². The first-order valence-electron chi connectivity index (χ1n) is 14.7. The summed E-state index contributed by atoms with van der Waals surface area (Å²) in [5, 5.41) is 4.95. The van der Waals surface area contributed by atoms with Crippen molar-refractivity contribution < 1.29 is 0 Å². The van der Waals surface area contributed by atoms with Crippen LogP contribution in [0.3, 0.4) is 0 Å². The summed E-state index contributed by atoms with van der Waals surface area (Å²) in [5.41, 5.74) is 11.4. The Morgan fingerprint density at radius 3 is 1.93 bits per heavy atom. The third-order valence-corrected chi connectivity index (χ3v) is 9.04. The van der Waals surface area contributed by atoms with E-state index in [9.17, 15) is 0 Å². The Hall–Kier alpha value is -5.14. The van der Waals surface area contributed by atoms with Crippen molar-refractivity contribution in [3.8, 4) is 22.3 Å². The minimum absolute atomic E-state index is 0.0472. The second-order valence-corrected chi connectivity index (χ2v) is 11.8. The quantitative estimate of drug-likeness (QED) is 0.216. The maximum atomic E-state index is 2.44. The van der Waals surface area contributed by atoms with Crippen LogP contribution in [-0.2, 0) is 5.41 Å². The van der Waals surface area contributed by atoms with Crippen molar-refractivity contribution in [3.05, 3.63) is 163 Å². The van der Waals surface area contributed by atoms with Crippen molar-refractivity contribution in [2.45, 2.75) is 19.3 Å². The van der Waals surface area contributed by atoms with Crippen LogP contribution in [0.25, 0.3) is 43.8 Å². The van der Waals surface area contributed by atoms with E-state index in [1.54, 1.807) is 0 Å². The summed E-state index contributed by atoms with van der Waals surface area (Å²) in [7, 11) is 0. The normalized spacial score (nSPS) is 13.2. The van der Waals surface area contributed by atoms with Crippen LogP contribution >= 0.6 is 0 Å². The average molecular weight is 538 g/mol. The highest BCUT2D eigenvalue weighted by Gasteiger charge is 2.35. The molecule has 0 aliphatic heterocycles. The predicted molar refractivity (Wildman–Crippen MR) is 179 cm³/mol. The van der Waals surface area contributed by atoms with Gasteiger partial charge in [-0.15, -0.1) is 0 Å². The molecule has 1 heteroatoms. The molecular weight excluding hydrogens is 506 g/mol. The van der Waals surface area contributed by atoms with E-state index in [2.05, 4.69) is 170 Å². The zero-order chi connectivity index (χ0) is 28.3. The van der Waals surface area contributed by atoms with E-state index in [-0.39, 0.29) is 5.41 Å². The van der Waals surface area contributed by atoms with Gasteiger partial charge >= 0.3 is 0 Å². The monoisotopic (exact) mass is 537 g/mol. The zero-order valence-electron chi connectivity index (χ0n) is 23.9. The fourth-order valence-electron chi connectivity index (χ4n) is 7.01. The number of para-hydroxylation sites is 1. The molecule has 0 N–H and O–H groups in total. The molecule has 200 valence electrons. The number of hydrogen-bond acceptors (Lipinski definition) is 1. The molecule has 0 fully saturated rings. The Balaban J connectivity index is 1.40. The summed E-state index contributed by atoms with van der Waals surface area (Å²) in [6.07, 6.45) is 0. The Morgan fingerprint density at radius 1 is 0.452 bits per heavy atom. The summed E-state index contributed by atoms with van der Waals surface area (Å²) < 4.78 is 0. The van der Waals surface area contributed by atoms with E-state index in [0.29, 0.717) is 0 Å². The van der Waals surface area contributed by atoms with Gasteiger partial charge < -0.3 is 4.90 Å². The van der Waals surface area contributed by atoms with E-state index >= 15 is 0 Å². The van der Waals surface area contributed by atoms with Gasteiger partial charge in [0.25, 0.3) is 0 Å². The summed E-state index contributed by atoms with van der Waals surface area (Å²) in [5.74, 6) is 0. The SMILES string of the molecule is CC1(C)c2ccccc2-c2ccc(-c3cccc4cccc(N(c5ccccc5)c5cccc6ccccc56)c34)cc21. The molecule has 0 radical (unpaired) electrons. The molecule has 7 aromatic carbocycles. The molecular formula is C41H31N. The van der Waals surface area contributed by atoms with Gasteiger partial charge in [0.2, 0.25) is 0 Å². The van der Waals surface area contributed by atoms with E-state index < -0.39 is 0 Å². The predicted octanol–water partition coefficient (Wildman–Crippen LogP) is 11.4. The zero-order valence-corrected chi connectivity index (χ0v) is 23.9. The lowest BCUT2D eigenvalue weighted by Gasteiger charge is -2.29. The molecule has 1 aliphatic carbocycles. The standard InChI is InChI=1S/C41H31N/c1-41(2)36-22-9-8-20-34(36)35-26-25-30(27-37(35)41)33-21-10-15-29-16-12-24-39(40(29)33)42(31-17-4-3-5-18-31)38-23-11-14-28-13-6-7-19-32(28)38/h3-27H,1-2H3. The number of hydrogen-bond donors (Lipinski definition) is 0. The van der Waals surface area contributed by atoms with Crippen molar-refractivity contribution >= 4 is 38.6 Å². The van der Waals surface area contributed by atoms with Crippen molar-refractivity contribution in [1.29, 1.82) is 0 Å². The molecule has 0 saturated heterocycles. The largest absolute Gasteiger partial charge is 0.309 e. The van der Waals surface area contributed by atoms with Gasteiger partial charge in [0, 0.05) is 21.9 Å². The van der Waals surface area contributed by atoms with Crippen molar-refractivity contribution in [2.24, 2.45) is 0 Å². The Morgan fingerprint density at radius 2 is 1.07 bits per heavy atom. The lowest BCUT2D eigenvalue weighted by atomic mass is 9.81. The van der Waals surface area contributed by atoms with Crippen LogP contribution < -0.4 is 4.90 Å². The lowest BCUT2D eigenvalue weighted by molar-refractivity contribution is 0.660. The highest BCUT2D eigenvalue weighted by molar-refractivity contribution is 6.10. The van der Waals surface area contributed by atoms with Crippen LogP contribution in [0.5, 0.6) is 0 Å². The van der Waals surface area contributed by atoms with Gasteiger partial charge in [-0.2, -0.15) is 0 Å². The fourth-order valence-corrected chi connectivity index (χ4v) is 7.01. The van der Waals surface area contributed by atoms with Gasteiger partial charge in [0.1, 0.15) is 0 Å². The summed E-state index contributed by atoms with van der Waals surface area (Å²) in [6.45, 7) is 4.71. The van der Waals surface area contributed by atoms with Crippen LogP contribution in [0.4, 0.5) is 17.1 Å². The van der Waals surface area contributed by atoms with Crippen molar-refractivity contribution in [3.63, 3.8) is 0 Å². The van der Waals surface area contributed by atoms with Crippen LogP contribution in [0, 0.1) is 0 Å². The third kappa shape index (κ3) is 3.71. The first-order valence-corrected chi connectivity index (χ1v) is 14.7. The number of rotatable bonds is 4. The summed E-state index contributed by atoms with van der Waals surface area (Å²) >= 11 is 0. The number of fused-ring (bicyclic) bond motifs is 5. The first kappa shape index (κ1) is 24.6. The van der Waals surface area contributed by atoms with Gasteiger partial charge in [0.15, 0.2) is 0 Å². The fraction of sp³-hybridized carbons (Fsp3) is 0.0732. The highest BCUT2D eigenvalue weighted by Crippen LogP contribution is 2.51. The van der Waals surface area contributed by atoms with Crippen molar-refractivity contribution in [2.75, 3.05) is 4.90 Å². The van der Waals surface area contributed by atoms with Gasteiger partial charge in [0.05, 0.1) is 11.4 Å². The lowest BCUT2D eigenvalue weighted by Crippen LogP contribution is -2.15. The molecule has 42 heavy (non-hydrogen) atoms. The Labute approximate surface area is 247 Å². The third-order valence-electron chi connectivity index (χ3n) is 9.04. The molecule has 0 aromatic heterocycles. The van der Waals surface area contributed by atoms with Crippen LogP contribution in [0.15, 0.2) is 152 Å². The second kappa shape index (κ2) is 9.46. The topological polar surface area (TPSA) is 3.24 Å². The molecule has 8 rings (SSSR count). The van der Waals surface area contributed by atoms with E-state index in [4.69, 9.17) is 0 Å². The molecule has 0 spiro atoms. The van der Waals surface area contributed by atoms with Gasteiger partial charge in [-0.25, -0.2) is 0 Å². The summed E-state index contributed by atoms with van der Waals surface area (Å²) in [4.78, 5) is 2.43.